The van der Waals surface area contributed by atoms with E-state index < -0.39 is 0 Å². The fourth-order valence-corrected chi connectivity index (χ4v) is 0.873. The van der Waals surface area contributed by atoms with Crippen molar-refractivity contribution < 1.29 is 9.15 Å². The Balaban J connectivity index is 2.39. The normalized spacial score (nSPS) is 15.6. The van der Waals surface area contributed by atoms with Gasteiger partial charge in [0.25, 0.3) is 0 Å². The van der Waals surface area contributed by atoms with Gasteiger partial charge in [-0.2, -0.15) is 0 Å². The highest BCUT2D eigenvalue weighted by Gasteiger charge is 2.09. The maximum Gasteiger partial charge on any atom is 0.180 e. The molecule has 0 aliphatic carbocycles. The van der Waals surface area contributed by atoms with Crippen LogP contribution >= 0.6 is 0 Å². The number of rotatable bonds is 0. The molecule has 0 saturated carbocycles. The quantitative estimate of drug-likeness (QED) is 0.563. The lowest BCUT2D eigenvalue weighted by atomic mass is 10.4. The molecule has 0 saturated heterocycles. The van der Waals surface area contributed by atoms with Gasteiger partial charge in [-0.05, 0) is 0 Å². The Morgan fingerprint density at radius 3 is 3.33 bits per heavy atom. The predicted octanol–water partition coefficient (Wildman–Crippen LogP) is 1.08. The second kappa shape index (κ2) is 1.69. The second-order valence-electron chi connectivity index (χ2n) is 1.92. The van der Waals surface area contributed by atoms with Gasteiger partial charge in [0.15, 0.2) is 5.75 Å². The summed E-state index contributed by atoms with van der Waals surface area (Å²) in [6.07, 6.45) is 3.25. The van der Waals surface area contributed by atoms with Crippen LogP contribution in [0.5, 0.6) is 5.75 Å². The van der Waals surface area contributed by atoms with Gasteiger partial charge < -0.3 is 14.5 Å². The van der Waals surface area contributed by atoms with Crippen molar-refractivity contribution in [1.29, 1.82) is 0 Å². The molecule has 3 nitrogen and oxygen atoms in total. The van der Waals surface area contributed by atoms with E-state index in [9.17, 15) is 0 Å². The minimum Gasteiger partial charge on any atom is -0.486 e. The first kappa shape index (κ1) is 4.73. The Morgan fingerprint density at radius 2 is 2.44 bits per heavy atom. The molecule has 1 aromatic heterocycles. The molecule has 0 bridgehead atoms. The van der Waals surface area contributed by atoms with E-state index in [1.807, 2.05) is 0 Å². The van der Waals surface area contributed by atoms with Crippen molar-refractivity contribution in [1.82, 2.24) is 0 Å². The Kier molecular flexibility index (Phi) is 0.886. The molecule has 48 valence electrons. The van der Waals surface area contributed by atoms with Gasteiger partial charge in [0.2, 0.25) is 0 Å². The number of ether oxygens (including phenoxy) is 1. The molecule has 0 amide bonds. The van der Waals surface area contributed by atoms with Crippen molar-refractivity contribution in [2.24, 2.45) is 0 Å². The third-order valence-electron chi connectivity index (χ3n) is 1.30. The molecule has 1 aliphatic heterocycles. The lowest BCUT2D eigenvalue weighted by molar-refractivity contribution is 0.320. The van der Waals surface area contributed by atoms with Crippen molar-refractivity contribution in [2.45, 2.75) is 0 Å². The molecule has 2 heterocycles. The number of fused-ring (bicyclic) bond motifs is 1. The summed E-state index contributed by atoms with van der Waals surface area (Å²) in [6, 6.07) is 0. The zero-order valence-corrected chi connectivity index (χ0v) is 4.89. The molecule has 2 rings (SSSR count). The summed E-state index contributed by atoms with van der Waals surface area (Å²) < 4.78 is 10.1. The summed E-state index contributed by atoms with van der Waals surface area (Å²) in [6.45, 7) is 1.60. The van der Waals surface area contributed by atoms with Gasteiger partial charge in [0, 0.05) is 6.54 Å². The lowest BCUT2D eigenvalue weighted by Gasteiger charge is -2.12. The first-order valence-corrected chi connectivity index (χ1v) is 2.90. The molecule has 3 heteroatoms. The van der Waals surface area contributed by atoms with E-state index in [4.69, 9.17) is 9.15 Å². The summed E-state index contributed by atoms with van der Waals surface area (Å²) in [7, 11) is 0. The fourth-order valence-electron chi connectivity index (χ4n) is 0.873. The van der Waals surface area contributed by atoms with Crippen molar-refractivity contribution in [3.05, 3.63) is 12.5 Å². The largest absolute Gasteiger partial charge is 0.486 e. The molecule has 0 radical (unpaired) electrons. The van der Waals surface area contributed by atoms with Crippen LogP contribution in [0.25, 0.3) is 0 Å². The van der Waals surface area contributed by atoms with E-state index in [0.29, 0.717) is 0 Å². The fraction of sp³-hybridized carbons (Fsp3) is 0.333. The van der Waals surface area contributed by atoms with Gasteiger partial charge >= 0.3 is 0 Å². The van der Waals surface area contributed by atoms with E-state index >= 15 is 0 Å². The third kappa shape index (κ3) is 0.650. The first-order valence-electron chi connectivity index (χ1n) is 2.90. The molecule has 1 aromatic rings. The predicted molar refractivity (Wildman–Crippen MR) is 32.7 cm³/mol. The lowest BCUT2D eigenvalue weighted by Crippen LogP contribution is -2.16. The minimum atomic E-state index is 0.729. The van der Waals surface area contributed by atoms with Gasteiger partial charge in [-0.3, -0.25) is 0 Å². The number of hydrogen-bond acceptors (Lipinski definition) is 3. The number of nitrogens with one attached hydrogen (secondary N) is 1. The van der Waals surface area contributed by atoms with Crippen LogP contribution < -0.4 is 10.1 Å². The van der Waals surface area contributed by atoms with Gasteiger partial charge in [-0.25, -0.2) is 0 Å². The highest BCUT2D eigenvalue weighted by atomic mass is 16.5. The second-order valence-corrected chi connectivity index (χ2v) is 1.92. The molecule has 0 unspecified atom stereocenters. The Labute approximate surface area is 52.6 Å². The highest BCUT2D eigenvalue weighted by molar-refractivity contribution is 5.54. The summed E-state index contributed by atoms with van der Waals surface area (Å²) in [5.41, 5.74) is 0.959. The van der Waals surface area contributed by atoms with Crippen molar-refractivity contribution >= 4 is 5.69 Å². The topological polar surface area (TPSA) is 34.4 Å². The summed E-state index contributed by atoms with van der Waals surface area (Å²) in [5, 5.41) is 3.12. The third-order valence-corrected chi connectivity index (χ3v) is 1.30. The maximum atomic E-state index is 5.21. The molecule has 1 aliphatic rings. The van der Waals surface area contributed by atoms with Crippen LogP contribution in [0.15, 0.2) is 16.9 Å². The van der Waals surface area contributed by atoms with E-state index in [2.05, 4.69) is 5.32 Å². The van der Waals surface area contributed by atoms with Crippen LogP contribution in [-0.4, -0.2) is 13.2 Å². The average molecular weight is 125 g/mol. The van der Waals surface area contributed by atoms with Gasteiger partial charge in [-0.1, -0.05) is 0 Å². The van der Waals surface area contributed by atoms with E-state index in [1.165, 1.54) is 0 Å². The van der Waals surface area contributed by atoms with Crippen LogP contribution in [0.1, 0.15) is 0 Å². The van der Waals surface area contributed by atoms with Gasteiger partial charge in [0.1, 0.15) is 24.8 Å². The zero-order valence-electron chi connectivity index (χ0n) is 4.89. The van der Waals surface area contributed by atoms with Crippen molar-refractivity contribution in [2.75, 3.05) is 18.5 Å². The summed E-state index contributed by atoms with van der Waals surface area (Å²) >= 11 is 0. The monoisotopic (exact) mass is 125 g/mol. The minimum absolute atomic E-state index is 0.729. The Morgan fingerprint density at radius 1 is 1.44 bits per heavy atom. The van der Waals surface area contributed by atoms with Crippen LogP contribution in [0, 0.1) is 0 Å². The molecular formula is C6H7NO2. The standard InChI is InChI=1S/C6H7NO2/c1-2-9-6-4-8-3-5(6)7-1/h3-4,7H,1-2H2. The smallest absolute Gasteiger partial charge is 0.180 e. The van der Waals surface area contributed by atoms with Crippen molar-refractivity contribution in [3.8, 4) is 5.75 Å². The van der Waals surface area contributed by atoms with Crippen molar-refractivity contribution in [3.63, 3.8) is 0 Å². The number of anilines is 1. The molecule has 1 N–H and O–H groups in total. The first-order chi connectivity index (χ1) is 4.47. The molecule has 0 atom stereocenters. The van der Waals surface area contributed by atoms with Crippen LogP contribution in [0.4, 0.5) is 5.69 Å². The molecule has 0 aromatic carbocycles. The Hall–Kier alpha value is -1.12. The molecular weight excluding hydrogens is 118 g/mol. The van der Waals surface area contributed by atoms with Gasteiger partial charge in [0.05, 0.1) is 0 Å². The zero-order chi connectivity index (χ0) is 6.10. The van der Waals surface area contributed by atoms with Crippen LogP contribution in [0.3, 0.4) is 0 Å². The van der Waals surface area contributed by atoms with E-state index in [0.717, 1.165) is 24.6 Å². The van der Waals surface area contributed by atoms with Gasteiger partial charge in [-0.15, -0.1) is 0 Å². The maximum absolute atomic E-state index is 5.21. The molecule has 0 spiro atoms. The number of hydrogen-bond donors (Lipinski definition) is 1. The summed E-state index contributed by atoms with van der Waals surface area (Å²) in [5.74, 6) is 0.821. The average Bonchev–Trinajstić information content (AvgIpc) is 2.33. The highest BCUT2D eigenvalue weighted by Crippen LogP contribution is 2.27. The van der Waals surface area contributed by atoms with E-state index in [-0.39, 0.29) is 0 Å². The number of furan rings is 1. The summed E-state index contributed by atoms with van der Waals surface area (Å²) in [4.78, 5) is 0. The molecule has 9 heavy (non-hydrogen) atoms. The SMILES string of the molecule is c1occ2c1NCCO2. The Bertz CT molecular complexity index is 186. The van der Waals surface area contributed by atoms with Crippen LogP contribution in [0.2, 0.25) is 0 Å². The van der Waals surface area contributed by atoms with Crippen LogP contribution in [-0.2, 0) is 0 Å². The van der Waals surface area contributed by atoms with E-state index in [1.54, 1.807) is 12.5 Å². The molecule has 0 fully saturated rings.